The van der Waals surface area contributed by atoms with E-state index in [0.29, 0.717) is 0 Å². The number of ketones is 1. The number of rotatable bonds is 4. The Morgan fingerprint density at radius 1 is 1.53 bits per heavy atom. The van der Waals surface area contributed by atoms with Crippen LogP contribution in [0.15, 0.2) is 0 Å². The SMILES string of the molecule is CCC(NC)C(=O)N1CCCC1C(C)=O. The molecule has 1 fully saturated rings. The standard InChI is InChI=1S/C11H20N2O2/c1-4-9(12-3)11(15)13-7-5-6-10(13)8(2)14/h9-10,12H,4-7H2,1-3H3. The van der Waals surface area contributed by atoms with Gasteiger partial charge in [0.15, 0.2) is 5.78 Å². The molecule has 0 aliphatic carbocycles. The zero-order chi connectivity index (χ0) is 11.4. The summed E-state index contributed by atoms with van der Waals surface area (Å²) in [7, 11) is 1.78. The van der Waals surface area contributed by atoms with Crippen LogP contribution in [0.4, 0.5) is 0 Å². The van der Waals surface area contributed by atoms with Crippen molar-refractivity contribution in [3.05, 3.63) is 0 Å². The Morgan fingerprint density at radius 2 is 2.20 bits per heavy atom. The lowest BCUT2D eigenvalue weighted by Crippen LogP contribution is -2.48. The first-order valence-electron chi connectivity index (χ1n) is 5.60. The molecule has 1 aliphatic heterocycles. The Hall–Kier alpha value is -0.900. The van der Waals surface area contributed by atoms with Crippen molar-refractivity contribution >= 4 is 11.7 Å². The molecule has 15 heavy (non-hydrogen) atoms. The van der Waals surface area contributed by atoms with Crippen LogP contribution in [0.25, 0.3) is 0 Å². The second-order valence-electron chi connectivity index (χ2n) is 4.05. The van der Waals surface area contributed by atoms with Gasteiger partial charge >= 0.3 is 0 Å². The van der Waals surface area contributed by atoms with E-state index in [2.05, 4.69) is 5.32 Å². The lowest BCUT2D eigenvalue weighted by atomic mass is 10.1. The Balaban J connectivity index is 2.69. The summed E-state index contributed by atoms with van der Waals surface area (Å²) in [6.07, 6.45) is 2.52. The summed E-state index contributed by atoms with van der Waals surface area (Å²) in [4.78, 5) is 25.1. The van der Waals surface area contributed by atoms with Gasteiger partial charge in [0, 0.05) is 6.54 Å². The number of carbonyl (C=O) groups excluding carboxylic acids is 2. The van der Waals surface area contributed by atoms with Crippen LogP contribution in [-0.2, 0) is 9.59 Å². The average molecular weight is 212 g/mol. The van der Waals surface area contributed by atoms with Crippen LogP contribution in [0.1, 0.15) is 33.1 Å². The third-order valence-electron chi connectivity index (χ3n) is 3.06. The minimum atomic E-state index is -0.181. The molecule has 1 aliphatic rings. The monoisotopic (exact) mass is 212 g/mol. The zero-order valence-corrected chi connectivity index (χ0v) is 9.75. The van der Waals surface area contributed by atoms with Gasteiger partial charge in [0.2, 0.25) is 5.91 Å². The smallest absolute Gasteiger partial charge is 0.240 e. The van der Waals surface area contributed by atoms with Gasteiger partial charge in [-0.05, 0) is 33.2 Å². The largest absolute Gasteiger partial charge is 0.331 e. The van der Waals surface area contributed by atoms with Gasteiger partial charge < -0.3 is 10.2 Å². The number of likely N-dealkylation sites (N-methyl/N-ethyl adjacent to an activating group) is 1. The molecule has 4 nitrogen and oxygen atoms in total. The first-order chi connectivity index (χ1) is 7.11. The van der Waals surface area contributed by atoms with Crippen LogP contribution in [-0.4, -0.2) is 42.3 Å². The van der Waals surface area contributed by atoms with Crippen molar-refractivity contribution < 1.29 is 9.59 Å². The second-order valence-corrected chi connectivity index (χ2v) is 4.05. The summed E-state index contributed by atoms with van der Waals surface area (Å²) < 4.78 is 0. The maximum atomic E-state index is 12.0. The number of carbonyl (C=O) groups is 2. The fourth-order valence-electron chi connectivity index (χ4n) is 2.16. The third kappa shape index (κ3) is 2.56. The van der Waals surface area contributed by atoms with Crippen LogP contribution in [0.5, 0.6) is 0 Å². The third-order valence-corrected chi connectivity index (χ3v) is 3.06. The van der Waals surface area contributed by atoms with E-state index in [-0.39, 0.29) is 23.8 Å². The molecule has 0 saturated carbocycles. The Labute approximate surface area is 91.0 Å². The molecule has 2 unspecified atom stereocenters. The molecule has 1 rings (SSSR count). The van der Waals surface area contributed by atoms with Gasteiger partial charge in [-0.1, -0.05) is 6.92 Å². The zero-order valence-electron chi connectivity index (χ0n) is 9.75. The van der Waals surface area contributed by atoms with Gasteiger partial charge in [0.1, 0.15) is 0 Å². The Morgan fingerprint density at radius 3 is 2.67 bits per heavy atom. The van der Waals surface area contributed by atoms with E-state index >= 15 is 0 Å². The van der Waals surface area contributed by atoms with Crippen molar-refractivity contribution in [1.29, 1.82) is 0 Å². The topological polar surface area (TPSA) is 49.4 Å². The fraction of sp³-hybridized carbons (Fsp3) is 0.818. The molecule has 1 saturated heterocycles. The highest BCUT2D eigenvalue weighted by Gasteiger charge is 2.34. The van der Waals surface area contributed by atoms with Gasteiger partial charge in [-0.25, -0.2) is 0 Å². The van der Waals surface area contributed by atoms with Gasteiger partial charge in [-0.15, -0.1) is 0 Å². The molecule has 4 heteroatoms. The first-order valence-corrected chi connectivity index (χ1v) is 5.60. The predicted octanol–water partition coefficient (Wildman–Crippen LogP) is 0.564. The highest BCUT2D eigenvalue weighted by molar-refractivity contribution is 5.90. The number of likely N-dealkylation sites (tertiary alicyclic amines) is 1. The summed E-state index contributed by atoms with van der Waals surface area (Å²) in [5.74, 6) is 0.171. The Bertz CT molecular complexity index is 249. The second kappa shape index (κ2) is 5.26. The van der Waals surface area contributed by atoms with Gasteiger partial charge in [0.25, 0.3) is 0 Å². The molecular weight excluding hydrogens is 192 g/mol. The van der Waals surface area contributed by atoms with Gasteiger partial charge in [-0.3, -0.25) is 9.59 Å². The number of nitrogens with zero attached hydrogens (tertiary/aromatic N) is 1. The molecule has 1 amide bonds. The molecule has 0 bridgehead atoms. The number of nitrogens with one attached hydrogen (secondary N) is 1. The molecule has 1 N–H and O–H groups in total. The van der Waals surface area contributed by atoms with Crippen molar-refractivity contribution in [3.8, 4) is 0 Å². The average Bonchev–Trinajstić information content (AvgIpc) is 2.67. The highest BCUT2D eigenvalue weighted by Crippen LogP contribution is 2.19. The Kier molecular flexibility index (Phi) is 4.27. The van der Waals surface area contributed by atoms with Crippen LogP contribution in [0, 0.1) is 0 Å². The lowest BCUT2D eigenvalue weighted by Gasteiger charge is -2.26. The number of Topliss-reactive ketones (excluding diaryl/α,β-unsaturated/α-hetero) is 1. The minimum absolute atomic E-state index is 0.0673. The quantitative estimate of drug-likeness (QED) is 0.741. The first kappa shape index (κ1) is 12.2. The minimum Gasteiger partial charge on any atom is -0.331 e. The molecule has 0 radical (unpaired) electrons. The van der Waals surface area contributed by atoms with E-state index in [9.17, 15) is 9.59 Å². The van der Waals surface area contributed by atoms with E-state index in [1.54, 1.807) is 18.9 Å². The van der Waals surface area contributed by atoms with E-state index in [1.807, 2.05) is 6.92 Å². The predicted molar refractivity (Wildman–Crippen MR) is 58.6 cm³/mol. The number of hydrogen-bond donors (Lipinski definition) is 1. The summed E-state index contributed by atoms with van der Waals surface area (Å²) >= 11 is 0. The number of hydrogen-bond acceptors (Lipinski definition) is 3. The molecular formula is C11H20N2O2. The van der Waals surface area contributed by atoms with E-state index in [1.165, 1.54) is 0 Å². The maximum absolute atomic E-state index is 12.0. The highest BCUT2D eigenvalue weighted by atomic mass is 16.2. The normalized spacial score (nSPS) is 22.9. The molecule has 0 aromatic rings. The fourth-order valence-corrected chi connectivity index (χ4v) is 2.16. The van der Waals surface area contributed by atoms with E-state index in [0.717, 1.165) is 25.8 Å². The molecule has 0 spiro atoms. The van der Waals surface area contributed by atoms with E-state index in [4.69, 9.17) is 0 Å². The molecule has 0 aromatic heterocycles. The lowest BCUT2D eigenvalue weighted by molar-refractivity contribution is -0.138. The van der Waals surface area contributed by atoms with Crippen molar-refractivity contribution in [2.45, 2.75) is 45.2 Å². The summed E-state index contributed by atoms with van der Waals surface area (Å²) in [6.45, 7) is 4.26. The summed E-state index contributed by atoms with van der Waals surface area (Å²) in [5, 5.41) is 2.99. The summed E-state index contributed by atoms with van der Waals surface area (Å²) in [5.41, 5.74) is 0. The van der Waals surface area contributed by atoms with Crippen molar-refractivity contribution in [2.24, 2.45) is 0 Å². The van der Waals surface area contributed by atoms with E-state index < -0.39 is 0 Å². The summed E-state index contributed by atoms with van der Waals surface area (Å²) in [6, 6.07) is -0.329. The number of amides is 1. The van der Waals surface area contributed by atoms with Crippen molar-refractivity contribution in [3.63, 3.8) is 0 Å². The van der Waals surface area contributed by atoms with Crippen LogP contribution < -0.4 is 5.32 Å². The molecule has 1 heterocycles. The molecule has 2 atom stereocenters. The van der Waals surface area contributed by atoms with Crippen LogP contribution >= 0.6 is 0 Å². The maximum Gasteiger partial charge on any atom is 0.240 e. The van der Waals surface area contributed by atoms with Crippen LogP contribution in [0.3, 0.4) is 0 Å². The van der Waals surface area contributed by atoms with Crippen molar-refractivity contribution in [2.75, 3.05) is 13.6 Å². The van der Waals surface area contributed by atoms with Crippen molar-refractivity contribution in [1.82, 2.24) is 10.2 Å². The molecule has 86 valence electrons. The van der Waals surface area contributed by atoms with Crippen LogP contribution in [0.2, 0.25) is 0 Å². The molecule has 0 aromatic carbocycles. The van der Waals surface area contributed by atoms with Gasteiger partial charge in [0.05, 0.1) is 12.1 Å². The van der Waals surface area contributed by atoms with Gasteiger partial charge in [-0.2, -0.15) is 0 Å².